The maximum absolute atomic E-state index is 3.66. The maximum Gasteiger partial charge on any atom is 0.0195 e. The van der Waals surface area contributed by atoms with E-state index in [-0.39, 0.29) is 0 Å². The van der Waals surface area contributed by atoms with E-state index in [0.29, 0.717) is 12.1 Å². The number of nitrogens with zero attached hydrogens (tertiary/aromatic N) is 1. The van der Waals surface area contributed by atoms with Crippen molar-refractivity contribution in [2.45, 2.75) is 51.6 Å². The molecule has 1 aromatic carbocycles. The van der Waals surface area contributed by atoms with Gasteiger partial charge in [0.2, 0.25) is 0 Å². The number of halogens is 1. The smallest absolute Gasteiger partial charge is 0.0195 e. The zero-order valence-corrected chi connectivity index (χ0v) is 14.3. The van der Waals surface area contributed by atoms with Gasteiger partial charge in [-0.2, -0.15) is 0 Å². The number of hydrogen-bond acceptors (Lipinski definition) is 2. The highest BCUT2D eigenvalue weighted by Crippen LogP contribution is 2.15. The number of hydrogen-bond donors (Lipinski definition) is 1. The van der Waals surface area contributed by atoms with Gasteiger partial charge in [-0.3, -0.25) is 4.90 Å². The van der Waals surface area contributed by atoms with Crippen molar-refractivity contribution in [3.8, 4) is 0 Å². The van der Waals surface area contributed by atoms with Gasteiger partial charge in [-0.1, -0.05) is 41.4 Å². The van der Waals surface area contributed by atoms with Crippen molar-refractivity contribution in [1.82, 2.24) is 10.2 Å². The highest BCUT2D eigenvalue weighted by atomic mass is 79.9. The Morgan fingerprint density at radius 3 is 2.65 bits per heavy atom. The van der Waals surface area contributed by atoms with Gasteiger partial charge >= 0.3 is 0 Å². The fourth-order valence-corrected chi connectivity index (χ4v) is 3.34. The molecule has 20 heavy (non-hydrogen) atoms. The topological polar surface area (TPSA) is 15.3 Å². The van der Waals surface area contributed by atoms with Gasteiger partial charge in [0.05, 0.1) is 0 Å². The summed E-state index contributed by atoms with van der Waals surface area (Å²) in [6, 6.07) is 10.0. The molecule has 2 rings (SSSR count). The number of nitrogens with one attached hydrogen (secondary N) is 1. The normalized spacial score (nSPS) is 21.1. The van der Waals surface area contributed by atoms with Crippen LogP contribution in [-0.4, -0.2) is 36.6 Å². The van der Waals surface area contributed by atoms with Crippen molar-refractivity contribution in [2.24, 2.45) is 0 Å². The molecule has 1 fully saturated rings. The minimum atomic E-state index is 0.602. The van der Waals surface area contributed by atoms with E-state index < -0.39 is 0 Å². The lowest BCUT2D eigenvalue weighted by Gasteiger charge is -2.34. The zero-order valence-electron chi connectivity index (χ0n) is 12.7. The molecule has 0 saturated carbocycles. The Morgan fingerprint density at radius 1 is 1.30 bits per heavy atom. The summed E-state index contributed by atoms with van der Waals surface area (Å²) in [7, 11) is 0. The highest BCUT2D eigenvalue weighted by Gasteiger charge is 2.19. The summed E-state index contributed by atoms with van der Waals surface area (Å²) in [5, 5.41) is 3.66. The van der Waals surface area contributed by atoms with Crippen molar-refractivity contribution in [1.29, 1.82) is 0 Å². The van der Waals surface area contributed by atoms with Crippen molar-refractivity contribution in [3.63, 3.8) is 0 Å². The lowest BCUT2D eigenvalue weighted by Crippen LogP contribution is -2.47. The third-order valence-corrected chi connectivity index (χ3v) is 4.87. The van der Waals surface area contributed by atoms with Gasteiger partial charge in [-0.05, 0) is 57.0 Å². The van der Waals surface area contributed by atoms with Crippen LogP contribution in [0.4, 0.5) is 0 Å². The highest BCUT2D eigenvalue weighted by molar-refractivity contribution is 9.10. The standard InChI is InChI=1S/C17H27BrN2/c1-3-20(13-17-6-4-5-11-19-17)14(2)12-15-7-9-16(18)10-8-15/h7-10,14,17,19H,3-6,11-13H2,1-2H3. The van der Waals surface area contributed by atoms with Crippen LogP contribution in [0.25, 0.3) is 0 Å². The van der Waals surface area contributed by atoms with Crippen molar-refractivity contribution in [2.75, 3.05) is 19.6 Å². The van der Waals surface area contributed by atoms with E-state index >= 15 is 0 Å². The second-order valence-corrected chi connectivity index (χ2v) is 6.83. The second kappa shape index (κ2) is 8.16. The average molecular weight is 339 g/mol. The molecule has 0 aliphatic carbocycles. The Kier molecular flexibility index (Phi) is 6.53. The van der Waals surface area contributed by atoms with Crippen molar-refractivity contribution < 1.29 is 0 Å². The maximum atomic E-state index is 3.66. The van der Waals surface area contributed by atoms with Crippen molar-refractivity contribution >= 4 is 15.9 Å². The van der Waals surface area contributed by atoms with Crippen LogP contribution < -0.4 is 5.32 Å². The average Bonchev–Trinajstić information content (AvgIpc) is 2.48. The molecular formula is C17H27BrN2. The first-order valence-corrected chi connectivity index (χ1v) is 8.70. The SMILES string of the molecule is CCN(CC1CCCCN1)C(C)Cc1ccc(Br)cc1. The lowest BCUT2D eigenvalue weighted by molar-refractivity contribution is 0.182. The van der Waals surface area contributed by atoms with Crippen LogP contribution in [-0.2, 0) is 6.42 Å². The number of piperidine rings is 1. The summed E-state index contributed by atoms with van der Waals surface area (Å²) < 4.78 is 1.16. The third-order valence-electron chi connectivity index (χ3n) is 4.34. The molecule has 0 radical (unpaired) electrons. The largest absolute Gasteiger partial charge is 0.313 e. The summed E-state index contributed by atoms with van der Waals surface area (Å²) in [6.45, 7) is 8.16. The molecule has 3 heteroatoms. The van der Waals surface area contributed by atoms with E-state index in [1.165, 1.54) is 37.9 Å². The molecule has 0 bridgehead atoms. The predicted molar refractivity (Wildman–Crippen MR) is 90.2 cm³/mol. The Balaban J connectivity index is 1.87. The van der Waals surface area contributed by atoms with Crippen molar-refractivity contribution in [3.05, 3.63) is 34.3 Å². The molecule has 1 aromatic rings. The fraction of sp³-hybridized carbons (Fsp3) is 0.647. The predicted octanol–water partition coefficient (Wildman–Crippen LogP) is 3.84. The summed E-state index contributed by atoms with van der Waals surface area (Å²) >= 11 is 3.50. The van der Waals surface area contributed by atoms with Crippen LogP contribution in [0.5, 0.6) is 0 Å². The Labute approximate surface area is 132 Å². The van der Waals surface area contributed by atoms with Gasteiger partial charge in [0.25, 0.3) is 0 Å². The first-order chi connectivity index (χ1) is 9.69. The van der Waals surface area contributed by atoms with E-state index in [2.05, 4.69) is 64.3 Å². The van der Waals surface area contributed by atoms with Gasteiger partial charge in [0.1, 0.15) is 0 Å². The van der Waals surface area contributed by atoms with Gasteiger partial charge in [0.15, 0.2) is 0 Å². The molecule has 0 aromatic heterocycles. The molecule has 2 atom stereocenters. The Hall–Kier alpha value is -0.380. The van der Waals surface area contributed by atoms with Gasteiger partial charge in [0, 0.05) is 23.1 Å². The molecule has 1 saturated heterocycles. The van der Waals surface area contributed by atoms with Gasteiger partial charge in [-0.15, -0.1) is 0 Å². The molecule has 112 valence electrons. The van der Waals surface area contributed by atoms with Crippen LogP contribution >= 0.6 is 15.9 Å². The molecule has 1 N–H and O–H groups in total. The first kappa shape index (κ1) is 16.0. The monoisotopic (exact) mass is 338 g/mol. The summed E-state index contributed by atoms with van der Waals surface area (Å²) in [5.41, 5.74) is 1.43. The van der Waals surface area contributed by atoms with E-state index in [1.54, 1.807) is 0 Å². The minimum Gasteiger partial charge on any atom is -0.313 e. The van der Waals surface area contributed by atoms with Crippen LogP contribution in [0.1, 0.15) is 38.7 Å². The molecule has 2 unspecified atom stereocenters. The number of benzene rings is 1. The van der Waals surface area contributed by atoms with E-state index in [9.17, 15) is 0 Å². The molecule has 1 aliphatic rings. The fourth-order valence-electron chi connectivity index (χ4n) is 3.07. The van der Waals surface area contributed by atoms with E-state index in [0.717, 1.165) is 17.4 Å². The zero-order chi connectivity index (χ0) is 14.4. The molecule has 1 aliphatic heterocycles. The van der Waals surface area contributed by atoms with Crippen LogP contribution in [0.15, 0.2) is 28.7 Å². The number of rotatable bonds is 6. The van der Waals surface area contributed by atoms with Gasteiger partial charge < -0.3 is 5.32 Å². The summed E-state index contributed by atoms with van der Waals surface area (Å²) in [4.78, 5) is 2.62. The quantitative estimate of drug-likeness (QED) is 0.847. The lowest BCUT2D eigenvalue weighted by atomic mass is 10.0. The molecular weight excluding hydrogens is 312 g/mol. The molecule has 0 amide bonds. The van der Waals surface area contributed by atoms with Crippen LogP contribution in [0.2, 0.25) is 0 Å². The number of likely N-dealkylation sites (N-methyl/N-ethyl adjacent to an activating group) is 1. The van der Waals surface area contributed by atoms with Gasteiger partial charge in [-0.25, -0.2) is 0 Å². The van der Waals surface area contributed by atoms with E-state index in [1.807, 2.05) is 0 Å². The Morgan fingerprint density at radius 2 is 2.05 bits per heavy atom. The first-order valence-electron chi connectivity index (χ1n) is 7.91. The third kappa shape index (κ3) is 4.87. The molecule has 0 spiro atoms. The second-order valence-electron chi connectivity index (χ2n) is 5.91. The Bertz CT molecular complexity index is 384. The van der Waals surface area contributed by atoms with Crippen LogP contribution in [0.3, 0.4) is 0 Å². The van der Waals surface area contributed by atoms with E-state index in [4.69, 9.17) is 0 Å². The van der Waals surface area contributed by atoms with Crippen LogP contribution in [0, 0.1) is 0 Å². The molecule has 1 heterocycles. The minimum absolute atomic E-state index is 0.602. The molecule has 2 nitrogen and oxygen atoms in total. The summed E-state index contributed by atoms with van der Waals surface area (Å²) in [5.74, 6) is 0. The summed E-state index contributed by atoms with van der Waals surface area (Å²) in [6.07, 6.45) is 5.20.